The lowest BCUT2D eigenvalue weighted by molar-refractivity contribution is -0.255. The van der Waals surface area contributed by atoms with E-state index < -0.39 is 11.9 Å². The van der Waals surface area contributed by atoms with E-state index in [0.717, 1.165) is 5.56 Å². The molecule has 152 valence electrons. The van der Waals surface area contributed by atoms with Gasteiger partial charge in [-0.1, -0.05) is 60.7 Å². The number of amides is 1. The molecule has 7 heteroatoms. The molecule has 4 aromatic rings. The number of fused-ring (bicyclic) bond motifs is 1. The maximum Gasteiger partial charge on any atom is 0.258 e. The summed E-state index contributed by atoms with van der Waals surface area (Å²) in [5.74, 6) is -1.69. The fourth-order valence-electron chi connectivity index (χ4n) is 3.18. The summed E-state index contributed by atoms with van der Waals surface area (Å²) in [6.07, 6.45) is 0. The van der Waals surface area contributed by atoms with Crippen LogP contribution in [0.15, 0.2) is 84.9 Å². The van der Waals surface area contributed by atoms with E-state index in [1.165, 1.54) is 12.1 Å². The minimum absolute atomic E-state index is 0.00626. The highest BCUT2D eigenvalue weighted by Crippen LogP contribution is 2.24. The molecule has 0 atom stereocenters. The van der Waals surface area contributed by atoms with E-state index in [9.17, 15) is 14.7 Å². The van der Waals surface area contributed by atoms with Gasteiger partial charge in [0.25, 0.3) is 5.91 Å². The predicted molar refractivity (Wildman–Crippen MR) is 122 cm³/mol. The molecule has 1 amide bonds. The maximum absolute atomic E-state index is 13.0. The molecule has 3 aromatic carbocycles. The minimum atomic E-state index is -1.30. The Morgan fingerprint density at radius 2 is 1.61 bits per heavy atom. The van der Waals surface area contributed by atoms with Crippen LogP contribution in [0.4, 0.5) is 5.69 Å². The maximum atomic E-state index is 13.0. The molecular weight excluding hydrogens is 410 g/mol. The lowest BCUT2D eigenvalue weighted by Gasteiger charge is -2.13. The van der Waals surface area contributed by atoms with Crippen molar-refractivity contribution in [1.29, 1.82) is 0 Å². The van der Waals surface area contributed by atoms with Crippen LogP contribution in [0.2, 0.25) is 0 Å². The van der Waals surface area contributed by atoms with Gasteiger partial charge >= 0.3 is 0 Å². The minimum Gasteiger partial charge on any atom is -0.545 e. The third-order valence-corrected chi connectivity index (χ3v) is 4.82. The van der Waals surface area contributed by atoms with Gasteiger partial charge in [0.15, 0.2) is 5.11 Å². The van der Waals surface area contributed by atoms with Crippen LogP contribution in [0.5, 0.6) is 0 Å². The number of pyridine rings is 1. The molecule has 0 aliphatic heterocycles. The number of carboxylic acids is 1. The van der Waals surface area contributed by atoms with E-state index in [1.54, 1.807) is 18.2 Å². The number of carbonyl (C=O) groups is 2. The van der Waals surface area contributed by atoms with Crippen molar-refractivity contribution in [2.24, 2.45) is 0 Å². The molecule has 0 spiro atoms. The van der Waals surface area contributed by atoms with E-state index in [-0.39, 0.29) is 10.7 Å². The zero-order chi connectivity index (χ0) is 21.8. The second kappa shape index (κ2) is 8.73. The van der Waals surface area contributed by atoms with Crippen molar-refractivity contribution in [3.05, 3.63) is 96.1 Å². The van der Waals surface area contributed by atoms with Crippen molar-refractivity contribution in [3.63, 3.8) is 0 Å². The largest absolute Gasteiger partial charge is 0.545 e. The van der Waals surface area contributed by atoms with Crippen molar-refractivity contribution in [2.75, 3.05) is 5.32 Å². The summed E-state index contributed by atoms with van der Waals surface area (Å²) in [4.78, 5) is 28.7. The first kappa shape index (κ1) is 20.2. The molecule has 0 fully saturated rings. The van der Waals surface area contributed by atoms with Gasteiger partial charge in [-0.3, -0.25) is 10.1 Å². The van der Waals surface area contributed by atoms with E-state index in [0.29, 0.717) is 27.8 Å². The average molecular weight is 426 g/mol. The highest BCUT2D eigenvalue weighted by Gasteiger charge is 2.15. The standard InChI is InChI=1S/C24H17N3O3S/c28-22(27-24(31)25-17-10-6-9-16(13-17)23(29)30)19-14-21(15-7-2-1-3-8-15)26-20-12-5-4-11-18(19)20/h1-14H,(H,29,30)(H2,25,27,28,31)/p-1. The summed E-state index contributed by atoms with van der Waals surface area (Å²) < 4.78 is 0. The number of rotatable bonds is 4. The number of anilines is 1. The van der Waals surface area contributed by atoms with Crippen LogP contribution >= 0.6 is 12.2 Å². The Balaban J connectivity index is 1.62. The zero-order valence-corrected chi connectivity index (χ0v) is 17.0. The first-order valence-electron chi connectivity index (χ1n) is 9.40. The number of para-hydroxylation sites is 1. The fraction of sp³-hybridized carbons (Fsp3) is 0. The number of hydrogen-bond donors (Lipinski definition) is 2. The first-order valence-corrected chi connectivity index (χ1v) is 9.81. The molecule has 1 heterocycles. The number of nitrogens with zero attached hydrogens (tertiary/aromatic N) is 1. The molecule has 0 saturated heterocycles. The normalized spacial score (nSPS) is 10.5. The predicted octanol–water partition coefficient (Wildman–Crippen LogP) is 3.39. The lowest BCUT2D eigenvalue weighted by Crippen LogP contribution is -2.34. The molecule has 0 radical (unpaired) electrons. The van der Waals surface area contributed by atoms with E-state index in [4.69, 9.17) is 12.2 Å². The summed E-state index contributed by atoms with van der Waals surface area (Å²) in [6, 6.07) is 24.7. The molecule has 6 nitrogen and oxygen atoms in total. The number of hydrogen-bond acceptors (Lipinski definition) is 5. The van der Waals surface area contributed by atoms with Crippen molar-refractivity contribution in [1.82, 2.24) is 10.3 Å². The molecule has 0 unspecified atom stereocenters. The highest BCUT2D eigenvalue weighted by molar-refractivity contribution is 7.80. The number of carboxylic acid groups (broad SMARTS) is 1. The van der Waals surface area contributed by atoms with Gasteiger partial charge in [0, 0.05) is 16.6 Å². The average Bonchev–Trinajstić information content (AvgIpc) is 2.79. The van der Waals surface area contributed by atoms with Crippen LogP contribution in [-0.2, 0) is 0 Å². The molecular formula is C24H16N3O3S-. The summed E-state index contributed by atoms with van der Waals surface area (Å²) in [6.45, 7) is 0. The Kier molecular flexibility index (Phi) is 5.68. The molecule has 0 aliphatic carbocycles. The van der Waals surface area contributed by atoms with Gasteiger partial charge in [0.1, 0.15) is 0 Å². The number of aromatic carboxylic acids is 1. The van der Waals surface area contributed by atoms with Crippen molar-refractivity contribution < 1.29 is 14.7 Å². The van der Waals surface area contributed by atoms with Crippen molar-refractivity contribution in [2.45, 2.75) is 0 Å². The van der Waals surface area contributed by atoms with Gasteiger partial charge < -0.3 is 15.2 Å². The summed E-state index contributed by atoms with van der Waals surface area (Å²) in [7, 11) is 0. The topological polar surface area (TPSA) is 94.1 Å². The zero-order valence-electron chi connectivity index (χ0n) is 16.2. The summed E-state index contributed by atoms with van der Waals surface area (Å²) in [5.41, 5.74) is 3.11. The SMILES string of the molecule is O=C([O-])c1cccc(NC(=S)NC(=O)c2cc(-c3ccccc3)nc3ccccc23)c1. The number of benzene rings is 3. The second-order valence-corrected chi connectivity index (χ2v) is 7.12. The van der Waals surface area contributed by atoms with Gasteiger partial charge in [-0.05, 0) is 42.0 Å². The second-order valence-electron chi connectivity index (χ2n) is 6.71. The smallest absolute Gasteiger partial charge is 0.258 e. The summed E-state index contributed by atoms with van der Waals surface area (Å²) in [5, 5.41) is 17.2. The Morgan fingerprint density at radius 3 is 2.39 bits per heavy atom. The molecule has 0 saturated carbocycles. The Hall–Kier alpha value is -4.10. The molecule has 1 aromatic heterocycles. The monoisotopic (exact) mass is 426 g/mol. The molecule has 0 bridgehead atoms. The lowest BCUT2D eigenvalue weighted by atomic mass is 10.0. The van der Waals surface area contributed by atoms with Gasteiger partial charge in [-0.25, -0.2) is 4.98 Å². The Morgan fingerprint density at radius 1 is 0.871 bits per heavy atom. The van der Waals surface area contributed by atoms with Crippen LogP contribution in [0, 0.1) is 0 Å². The highest BCUT2D eigenvalue weighted by atomic mass is 32.1. The van der Waals surface area contributed by atoms with Crippen LogP contribution in [0.1, 0.15) is 20.7 Å². The van der Waals surface area contributed by atoms with Gasteiger partial charge in [-0.15, -0.1) is 0 Å². The molecule has 4 rings (SSSR count). The van der Waals surface area contributed by atoms with Crippen LogP contribution in [0.25, 0.3) is 22.2 Å². The van der Waals surface area contributed by atoms with Crippen molar-refractivity contribution >= 4 is 45.8 Å². The van der Waals surface area contributed by atoms with Gasteiger partial charge in [0.2, 0.25) is 0 Å². The third-order valence-electron chi connectivity index (χ3n) is 4.61. The fourth-order valence-corrected chi connectivity index (χ4v) is 3.39. The van der Waals surface area contributed by atoms with E-state index >= 15 is 0 Å². The Labute approximate surface area is 183 Å². The van der Waals surface area contributed by atoms with Crippen LogP contribution < -0.4 is 15.7 Å². The quantitative estimate of drug-likeness (QED) is 0.486. The molecule has 0 aliphatic rings. The van der Waals surface area contributed by atoms with E-state index in [2.05, 4.69) is 15.6 Å². The number of thiocarbonyl (C=S) groups is 1. The number of carbonyl (C=O) groups excluding carboxylic acids is 2. The van der Waals surface area contributed by atoms with Crippen LogP contribution in [0.3, 0.4) is 0 Å². The van der Waals surface area contributed by atoms with Crippen LogP contribution in [-0.4, -0.2) is 22.0 Å². The van der Waals surface area contributed by atoms with Gasteiger partial charge in [0.05, 0.1) is 22.7 Å². The number of aromatic nitrogens is 1. The molecule has 2 N–H and O–H groups in total. The third kappa shape index (κ3) is 4.57. The van der Waals surface area contributed by atoms with E-state index in [1.807, 2.05) is 54.6 Å². The Bertz CT molecular complexity index is 1310. The first-order chi connectivity index (χ1) is 15.0. The summed E-state index contributed by atoms with van der Waals surface area (Å²) >= 11 is 5.25. The molecule has 31 heavy (non-hydrogen) atoms. The van der Waals surface area contributed by atoms with Crippen molar-refractivity contribution in [3.8, 4) is 11.3 Å². The number of nitrogens with one attached hydrogen (secondary N) is 2. The van der Waals surface area contributed by atoms with Gasteiger partial charge in [-0.2, -0.15) is 0 Å².